The molecule has 0 radical (unpaired) electrons. The Morgan fingerprint density at radius 2 is 1.25 bits per heavy atom. The first kappa shape index (κ1) is 19.2. The Kier molecular flexibility index (Phi) is 7.04. The quantitative estimate of drug-likeness (QED) is 0.280. The zero-order chi connectivity index (χ0) is 16.1. The molecule has 0 fully saturated rings. The Morgan fingerprint density at radius 1 is 0.950 bits per heavy atom. The Balaban J connectivity index is 5.78. The summed E-state index contributed by atoms with van der Waals surface area (Å²) in [5, 5.41) is 0.116. The molecule has 1 atom stereocenters. The highest BCUT2D eigenvalue weighted by molar-refractivity contribution is 14.1. The molecular formula is C10H15IO7SSi. The zero-order valence-electron chi connectivity index (χ0n) is 11.6. The number of thiocarbonyl (C=S) groups is 1. The van der Waals surface area contributed by atoms with Crippen molar-refractivity contribution in [1.29, 1.82) is 0 Å². The van der Waals surface area contributed by atoms with Gasteiger partial charge in [0.25, 0.3) is 21.1 Å². The average Bonchev–Trinajstić information content (AvgIpc) is 2.10. The van der Waals surface area contributed by atoms with Crippen LogP contribution in [0.5, 0.6) is 0 Å². The van der Waals surface area contributed by atoms with Crippen LogP contribution in [0.15, 0.2) is 0 Å². The summed E-state index contributed by atoms with van der Waals surface area (Å²) < 4.78 is 19.1. The first-order valence-electron chi connectivity index (χ1n) is 5.39. The molecule has 0 rings (SSSR count). The lowest BCUT2D eigenvalue weighted by molar-refractivity contribution is -0.150. The van der Waals surface area contributed by atoms with Crippen molar-refractivity contribution < 1.29 is 32.4 Å². The minimum atomic E-state index is -4.15. The van der Waals surface area contributed by atoms with E-state index in [2.05, 4.69) is 0 Å². The van der Waals surface area contributed by atoms with E-state index in [1.807, 2.05) is 0 Å². The Morgan fingerprint density at radius 3 is 1.45 bits per heavy atom. The van der Waals surface area contributed by atoms with Crippen molar-refractivity contribution in [2.45, 2.75) is 37.8 Å². The van der Waals surface area contributed by atoms with Crippen LogP contribution in [0.25, 0.3) is 0 Å². The third-order valence-corrected chi connectivity index (χ3v) is 6.87. The number of hydrogen-bond acceptors (Lipinski definition) is 8. The maximum absolute atomic E-state index is 11.3. The highest BCUT2D eigenvalue weighted by Gasteiger charge is 2.69. The van der Waals surface area contributed by atoms with Gasteiger partial charge in [-0.3, -0.25) is 14.4 Å². The minimum absolute atomic E-state index is 0.116. The van der Waals surface area contributed by atoms with Crippen molar-refractivity contribution in [3.05, 3.63) is 0 Å². The lowest BCUT2D eigenvalue weighted by atomic mass is 10.8. The van der Waals surface area contributed by atoms with Crippen molar-refractivity contribution in [1.82, 2.24) is 0 Å². The first-order valence-corrected chi connectivity index (χ1v) is 8.60. The molecule has 0 aromatic rings. The van der Waals surface area contributed by atoms with E-state index >= 15 is 0 Å². The molecule has 0 heterocycles. The van der Waals surface area contributed by atoms with Gasteiger partial charge in [0.15, 0.2) is 5.05 Å². The van der Waals surface area contributed by atoms with Gasteiger partial charge in [0.2, 0.25) is 0 Å². The molecule has 0 saturated heterocycles. The van der Waals surface area contributed by atoms with Gasteiger partial charge in [-0.2, -0.15) is 0 Å². The van der Waals surface area contributed by atoms with Crippen LogP contribution in [-0.2, 0) is 32.4 Å². The highest BCUT2D eigenvalue weighted by Crippen LogP contribution is 2.35. The minimum Gasteiger partial charge on any atom is -0.463 e. The number of alkyl halides is 1. The van der Waals surface area contributed by atoms with E-state index < -0.39 is 29.9 Å². The summed E-state index contributed by atoms with van der Waals surface area (Å²) in [5.74, 6) is -2.31. The molecule has 0 spiro atoms. The van der Waals surface area contributed by atoms with Gasteiger partial charge in [-0.15, -0.1) is 0 Å². The van der Waals surface area contributed by atoms with Gasteiger partial charge in [0.1, 0.15) is 0 Å². The first-order chi connectivity index (χ1) is 8.92. The summed E-state index contributed by atoms with van der Waals surface area (Å²) in [4.78, 5) is 33.9. The Labute approximate surface area is 136 Å². The summed E-state index contributed by atoms with van der Waals surface area (Å²) in [6.07, 6.45) is 0. The smallest absolute Gasteiger partial charge is 0.463 e. The van der Waals surface area contributed by atoms with E-state index in [4.69, 9.17) is 30.2 Å². The second-order valence-corrected chi connectivity index (χ2v) is 10.2. The van der Waals surface area contributed by atoms with E-state index in [9.17, 15) is 14.4 Å². The standard InChI is InChI=1S/C10H15IO7SSi/c1-6(12)16-20(17-7(2)13,18-8(3)14)10(5,11)15-9(4)19/h1-5H3. The van der Waals surface area contributed by atoms with Crippen LogP contribution in [-0.4, -0.2) is 35.0 Å². The molecule has 0 amide bonds. The Bertz CT molecular complexity index is 397. The van der Waals surface area contributed by atoms with Crippen molar-refractivity contribution >= 4 is 66.6 Å². The molecule has 0 saturated carbocycles. The summed E-state index contributed by atoms with van der Waals surface area (Å²) in [5.41, 5.74) is 0. The molecule has 0 bridgehead atoms. The molecule has 0 aromatic heterocycles. The summed E-state index contributed by atoms with van der Waals surface area (Å²) in [6, 6.07) is 0. The highest BCUT2D eigenvalue weighted by atomic mass is 127. The number of carbonyl (C=O) groups excluding carboxylic acids is 3. The van der Waals surface area contributed by atoms with Gasteiger partial charge in [0, 0.05) is 27.7 Å². The predicted molar refractivity (Wildman–Crippen MR) is 82.8 cm³/mol. The topological polar surface area (TPSA) is 88.1 Å². The van der Waals surface area contributed by atoms with Gasteiger partial charge in [0.05, 0.1) is 0 Å². The van der Waals surface area contributed by atoms with Crippen LogP contribution < -0.4 is 0 Å². The van der Waals surface area contributed by atoms with E-state index in [-0.39, 0.29) is 5.05 Å². The van der Waals surface area contributed by atoms with Gasteiger partial charge in [-0.05, 0) is 41.7 Å². The lowest BCUT2D eigenvalue weighted by Gasteiger charge is -2.35. The van der Waals surface area contributed by atoms with Crippen LogP contribution in [0.4, 0.5) is 0 Å². The molecule has 10 heteroatoms. The van der Waals surface area contributed by atoms with Gasteiger partial charge in [-0.25, -0.2) is 0 Å². The molecule has 0 aromatic carbocycles. The SMILES string of the molecule is CC(=O)O[Si](OC(C)=O)(OC(C)=O)C(C)(I)OC(C)=S. The number of rotatable bonds is 5. The van der Waals surface area contributed by atoms with Crippen molar-refractivity contribution in [3.63, 3.8) is 0 Å². The van der Waals surface area contributed by atoms with E-state index in [0.29, 0.717) is 0 Å². The fraction of sp³-hybridized carbons (Fsp3) is 0.600. The normalized spacial score (nSPS) is 13.7. The molecular weight excluding hydrogens is 419 g/mol. The summed E-state index contributed by atoms with van der Waals surface area (Å²) in [6.45, 7) is 6.24. The summed E-state index contributed by atoms with van der Waals surface area (Å²) in [7, 11) is -4.15. The Hall–Kier alpha value is -0.753. The van der Waals surface area contributed by atoms with E-state index in [1.165, 1.54) is 13.8 Å². The largest absolute Gasteiger partial charge is 0.762 e. The molecule has 20 heavy (non-hydrogen) atoms. The second-order valence-electron chi connectivity index (χ2n) is 3.85. The van der Waals surface area contributed by atoms with Crippen LogP contribution in [0.3, 0.4) is 0 Å². The fourth-order valence-corrected chi connectivity index (χ4v) is 5.03. The monoisotopic (exact) mass is 434 g/mol. The molecule has 1 unspecified atom stereocenters. The van der Waals surface area contributed by atoms with Crippen LogP contribution in [0.2, 0.25) is 0 Å². The zero-order valence-corrected chi connectivity index (χ0v) is 15.6. The van der Waals surface area contributed by atoms with Gasteiger partial charge >= 0.3 is 8.80 Å². The average molecular weight is 434 g/mol. The maximum Gasteiger partial charge on any atom is 0.762 e. The maximum atomic E-state index is 11.3. The van der Waals surface area contributed by atoms with Gasteiger partial charge < -0.3 is 18.0 Å². The molecule has 114 valence electrons. The molecule has 0 aliphatic carbocycles. The lowest BCUT2D eigenvalue weighted by Crippen LogP contribution is -2.64. The number of halogens is 1. The summed E-state index contributed by atoms with van der Waals surface area (Å²) >= 11 is 6.55. The van der Waals surface area contributed by atoms with Crippen LogP contribution in [0, 0.1) is 0 Å². The van der Waals surface area contributed by atoms with E-state index in [0.717, 1.165) is 20.8 Å². The van der Waals surface area contributed by atoms with Crippen molar-refractivity contribution in [2.75, 3.05) is 0 Å². The van der Waals surface area contributed by atoms with Crippen molar-refractivity contribution in [2.24, 2.45) is 0 Å². The third-order valence-electron chi connectivity index (χ3n) is 1.72. The van der Waals surface area contributed by atoms with Gasteiger partial charge in [-0.1, -0.05) is 0 Å². The number of ether oxygens (including phenoxy) is 1. The second kappa shape index (κ2) is 7.31. The molecule has 0 aliphatic heterocycles. The molecule has 0 N–H and O–H groups in total. The van der Waals surface area contributed by atoms with Crippen LogP contribution in [0.1, 0.15) is 34.6 Å². The third kappa shape index (κ3) is 5.71. The van der Waals surface area contributed by atoms with Crippen molar-refractivity contribution in [3.8, 4) is 0 Å². The van der Waals surface area contributed by atoms with E-state index in [1.54, 1.807) is 22.6 Å². The molecule has 7 nitrogen and oxygen atoms in total. The fourth-order valence-electron chi connectivity index (χ4n) is 1.24. The number of hydrogen-bond donors (Lipinski definition) is 0. The van der Waals surface area contributed by atoms with Crippen LogP contribution >= 0.6 is 34.8 Å². The molecule has 0 aliphatic rings. The number of carbonyl (C=O) groups is 3. The predicted octanol–water partition coefficient (Wildman–Crippen LogP) is 1.67.